The zero-order valence-electron chi connectivity index (χ0n) is 10.6. The zero-order valence-corrected chi connectivity index (χ0v) is 11.4. The summed E-state index contributed by atoms with van der Waals surface area (Å²) in [4.78, 5) is 0. The number of hydrogen-bond acceptors (Lipinski definition) is 5. The normalized spacial score (nSPS) is 31.4. The molecular formula is C11H22N2O4S. The van der Waals surface area contributed by atoms with E-state index in [1.165, 1.54) is 4.31 Å². The van der Waals surface area contributed by atoms with E-state index in [2.05, 4.69) is 0 Å². The molecule has 0 aliphatic carbocycles. The van der Waals surface area contributed by atoms with Crippen molar-refractivity contribution < 1.29 is 17.9 Å². The molecule has 18 heavy (non-hydrogen) atoms. The number of sulfonamides is 1. The Labute approximate surface area is 108 Å². The molecule has 2 aliphatic heterocycles. The number of morpholine rings is 1. The first-order valence-corrected chi connectivity index (χ1v) is 8.14. The Hall–Kier alpha value is -0.210. The number of nitrogens with zero attached hydrogens (tertiary/aromatic N) is 1. The largest absolute Gasteiger partial charge is 0.377 e. The van der Waals surface area contributed by atoms with Crippen LogP contribution < -0.4 is 5.73 Å². The molecule has 0 aromatic rings. The Morgan fingerprint density at radius 3 is 2.61 bits per heavy atom. The van der Waals surface area contributed by atoms with Gasteiger partial charge in [0.15, 0.2) is 0 Å². The number of hydrogen-bond donors (Lipinski definition) is 1. The molecule has 2 atom stereocenters. The van der Waals surface area contributed by atoms with Crippen LogP contribution in [0.25, 0.3) is 0 Å². The van der Waals surface area contributed by atoms with Crippen LogP contribution in [0.2, 0.25) is 0 Å². The van der Waals surface area contributed by atoms with Crippen molar-refractivity contribution in [2.24, 2.45) is 5.73 Å². The summed E-state index contributed by atoms with van der Waals surface area (Å²) in [5.74, 6) is 0.0876. The van der Waals surface area contributed by atoms with E-state index in [4.69, 9.17) is 15.2 Å². The van der Waals surface area contributed by atoms with Crippen molar-refractivity contribution in [3.05, 3.63) is 0 Å². The Balaban J connectivity index is 1.92. The molecule has 7 heteroatoms. The smallest absolute Gasteiger partial charge is 0.216 e. The Morgan fingerprint density at radius 2 is 1.94 bits per heavy atom. The van der Waals surface area contributed by atoms with Gasteiger partial charge in [-0.15, -0.1) is 0 Å². The minimum Gasteiger partial charge on any atom is -0.377 e. The molecular weight excluding hydrogens is 256 g/mol. The lowest BCUT2D eigenvalue weighted by Crippen LogP contribution is -2.50. The molecule has 0 spiro atoms. The first-order valence-electron chi connectivity index (χ1n) is 6.53. The zero-order chi connectivity index (χ0) is 13.0. The summed E-state index contributed by atoms with van der Waals surface area (Å²) < 4.78 is 36.9. The summed E-state index contributed by atoms with van der Waals surface area (Å²) in [6, 6.07) is 0. The maximum absolute atomic E-state index is 12.3. The van der Waals surface area contributed by atoms with Gasteiger partial charge in [0.05, 0.1) is 24.6 Å². The molecule has 0 radical (unpaired) electrons. The molecule has 0 aromatic heterocycles. The summed E-state index contributed by atoms with van der Waals surface area (Å²) in [6.45, 7) is 2.24. The van der Waals surface area contributed by atoms with Crippen molar-refractivity contribution in [2.75, 3.05) is 38.6 Å². The van der Waals surface area contributed by atoms with Gasteiger partial charge in [-0.05, 0) is 19.3 Å². The van der Waals surface area contributed by atoms with Gasteiger partial charge in [0.1, 0.15) is 0 Å². The highest BCUT2D eigenvalue weighted by molar-refractivity contribution is 7.89. The second-order valence-electron chi connectivity index (χ2n) is 4.85. The van der Waals surface area contributed by atoms with Gasteiger partial charge < -0.3 is 15.2 Å². The maximum Gasteiger partial charge on any atom is 0.216 e. The molecule has 106 valence electrons. The van der Waals surface area contributed by atoms with Crippen LogP contribution in [0, 0.1) is 0 Å². The lowest BCUT2D eigenvalue weighted by molar-refractivity contribution is 0.00240. The third-order valence-corrected chi connectivity index (χ3v) is 5.34. The summed E-state index contributed by atoms with van der Waals surface area (Å²) in [5.41, 5.74) is 5.52. The monoisotopic (exact) mass is 278 g/mol. The topological polar surface area (TPSA) is 81.9 Å². The molecule has 2 aliphatic rings. The summed E-state index contributed by atoms with van der Waals surface area (Å²) in [6.07, 6.45) is 2.59. The first-order chi connectivity index (χ1) is 8.62. The molecule has 0 aromatic carbocycles. The van der Waals surface area contributed by atoms with Gasteiger partial charge in [-0.2, -0.15) is 4.31 Å². The number of ether oxygens (including phenoxy) is 2. The molecule has 2 rings (SSSR count). The van der Waals surface area contributed by atoms with E-state index in [1.54, 1.807) is 0 Å². The van der Waals surface area contributed by atoms with Gasteiger partial charge in [0.25, 0.3) is 0 Å². The van der Waals surface area contributed by atoms with Gasteiger partial charge in [0, 0.05) is 26.2 Å². The van der Waals surface area contributed by atoms with Crippen molar-refractivity contribution in [2.45, 2.75) is 31.5 Å². The lowest BCUT2D eigenvalue weighted by Gasteiger charge is -2.33. The standard InChI is InChI=1S/C11H22N2O4S/c12-7-11-8-13(4-6-17-11)18(14,15)9-10-3-1-2-5-16-10/h10-11H,1-9,12H2. The van der Waals surface area contributed by atoms with Gasteiger partial charge in [-0.25, -0.2) is 8.42 Å². The lowest BCUT2D eigenvalue weighted by atomic mass is 10.1. The highest BCUT2D eigenvalue weighted by Gasteiger charge is 2.31. The fraction of sp³-hybridized carbons (Fsp3) is 1.00. The second kappa shape index (κ2) is 6.29. The minimum atomic E-state index is -3.25. The van der Waals surface area contributed by atoms with Crippen molar-refractivity contribution in [3.8, 4) is 0 Å². The van der Waals surface area contributed by atoms with Crippen LogP contribution >= 0.6 is 0 Å². The fourth-order valence-electron chi connectivity index (χ4n) is 2.37. The van der Waals surface area contributed by atoms with Crippen molar-refractivity contribution >= 4 is 10.0 Å². The molecule has 0 amide bonds. The van der Waals surface area contributed by atoms with E-state index in [1.807, 2.05) is 0 Å². The third-order valence-electron chi connectivity index (χ3n) is 3.43. The van der Waals surface area contributed by atoms with Crippen LogP contribution in [0.3, 0.4) is 0 Å². The SMILES string of the molecule is NCC1CN(S(=O)(=O)CC2CCCCO2)CCO1. The predicted octanol–water partition coefficient (Wildman–Crippen LogP) is -0.455. The molecule has 2 unspecified atom stereocenters. The number of nitrogens with two attached hydrogens (primary N) is 1. The van der Waals surface area contributed by atoms with Crippen molar-refractivity contribution in [1.29, 1.82) is 0 Å². The minimum absolute atomic E-state index is 0.0876. The van der Waals surface area contributed by atoms with E-state index in [0.29, 0.717) is 32.8 Å². The molecule has 0 saturated carbocycles. The van der Waals surface area contributed by atoms with E-state index < -0.39 is 10.0 Å². The van der Waals surface area contributed by atoms with E-state index in [0.717, 1.165) is 19.3 Å². The van der Waals surface area contributed by atoms with Crippen LogP contribution in [0.5, 0.6) is 0 Å². The van der Waals surface area contributed by atoms with Crippen LogP contribution in [0.15, 0.2) is 0 Å². The highest BCUT2D eigenvalue weighted by Crippen LogP contribution is 2.17. The average Bonchev–Trinajstić information content (AvgIpc) is 2.39. The number of rotatable bonds is 4. The van der Waals surface area contributed by atoms with E-state index in [-0.39, 0.29) is 18.0 Å². The Bertz CT molecular complexity index is 354. The van der Waals surface area contributed by atoms with Gasteiger partial charge in [-0.3, -0.25) is 0 Å². The Kier molecular flexibility index (Phi) is 4.97. The maximum atomic E-state index is 12.3. The molecule has 2 saturated heterocycles. The molecule has 2 heterocycles. The average molecular weight is 278 g/mol. The van der Waals surface area contributed by atoms with Crippen LogP contribution in [-0.2, 0) is 19.5 Å². The van der Waals surface area contributed by atoms with Gasteiger partial charge >= 0.3 is 0 Å². The molecule has 2 N–H and O–H groups in total. The van der Waals surface area contributed by atoms with Crippen LogP contribution in [-0.4, -0.2) is 63.5 Å². The second-order valence-corrected chi connectivity index (χ2v) is 6.87. The van der Waals surface area contributed by atoms with E-state index in [9.17, 15) is 8.42 Å². The van der Waals surface area contributed by atoms with Crippen LogP contribution in [0.1, 0.15) is 19.3 Å². The van der Waals surface area contributed by atoms with Gasteiger partial charge in [0.2, 0.25) is 10.0 Å². The Morgan fingerprint density at radius 1 is 1.17 bits per heavy atom. The fourth-order valence-corrected chi connectivity index (χ4v) is 4.06. The molecule has 2 fully saturated rings. The van der Waals surface area contributed by atoms with Gasteiger partial charge in [-0.1, -0.05) is 0 Å². The third kappa shape index (κ3) is 3.64. The quantitative estimate of drug-likeness (QED) is 0.753. The highest BCUT2D eigenvalue weighted by atomic mass is 32.2. The molecule has 6 nitrogen and oxygen atoms in total. The summed E-state index contributed by atoms with van der Waals surface area (Å²) >= 11 is 0. The first kappa shape index (κ1) is 14.2. The van der Waals surface area contributed by atoms with Crippen molar-refractivity contribution in [3.63, 3.8) is 0 Å². The van der Waals surface area contributed by atoms with E-state index >= 15 is 0 Å². The predicted molar refractivity (Wildman–Crippen MR) is 67.7 cm³/mol. The van der Waals surface area contributed by atoms with Crippen LogP contribution in [0.4, 0.5) is 0 Å². The molecule has 0 bridgehead atoms. The summed E-state index contributed by atoms with van der Waals surface area (Å²) in [5, 5.41) is 0. The van der Waals surface area contributed by atoms with Crippen molar-refractivity contribution in [1.82, 2.24) is 4.31 Å². The summed E-state index contributed by atoms with van der Waals surface area (Å²) in [7, 11) is -3.25.